The van der Waals surface area contributed by atoms with E-state index in [1.54, 1.807) is 30.0 Å². The molecular weight excluding hydrogens is 244 g/mol. The molecule has 1 aliphatic heterocycles. The van der Waals surface area contributed by atoms with Crippen molar-refractivity contribution in [3.63, 3.8) is 0 Å². The molecule has 1 aliphatic rings. The molecule has 19 heavy (non-hydrogen) atoms. The van der Waals surface area contributed by atoms with Crippen molar-refractivity contribution in [2.75, 3.05) is 0 Å². The number of carboxylic acid groups (broad SMARTS) is 1. The molecule has 0 fully saturated rings. The molecule has 1 heterocycles. The Balaban J connectivity index is 2.21. The minimum absolute atomic E-state index is 0.0944. The van der Waals surface area contributed by atoms with Crippen molar-refractivity contribution in [2.45, 2.75) is 38.9 Å². The van der Waals surface area contributed by atoms with Crippen molar-refractivity contribution in [1.29, 1.82) is 0 Å². The van der Waals surface area contributed by atoms with Crippen LogP contribution in [-0.2, 0) is 17.9 Å². The predicted octanol–water partition coefficient (Wildman–Crippen LogP) is 1.35. The lowest BCUT2D eigenvalue weighted by molar-refractivity contribution is -0.137. The maximum Gasteiger partial charge on any atom is 0.335 e. The highest BCUT2D eigenvalue weighted by Crippen LogP contribution is 2.26. The van der Waals surface area contributed by atoms with Gasteiger partial charge in [-0.1, -0.05) is 13.0 Å². The summed E-state index contributed by atoms with van der Waals surface area (Å²) < 4.78 is 0. The van der Waals surface area contributed by atoms with E-state index < -0.39 is 11.5 Å². The van der Waals surface area contributed by atoms with E-state index in [-0.39, 0.29) is 11.5 Å². The third-order valence-electron chi connectivity index (χ3n) is 3.69. The highest BCUT2D eigenvalue weighted by Gasteiger charge is 2.34. The van der Waals surface area contributed by atoms with E-state index in [2.05, 4.69) is 0 Å². The van der Waals surface area contributed by atoms with Crippen LogP contribution in [0.25, 0.3) is 0 Å². The molecule has 3 N–H and O–H groups in total. The monoisotopic (exact) mass is 262 g/mol. The first-order chi connectivity index (χ1) is 8.85. The zero-order chi connectivity index (χ0) is 14.2. The van der Waals surface area contributed by atoms with Crippen LogP contribution in [0.5, 0.6) is 0 Å². The zero-order valence-electron chi connectivity index (χ0n) is 11.1. The molecule has 0 aliphatic carbocycles. The maximum absolute atomic E-state index is 12.3. The molecule has 0 radical (unpaired) electrons. The van der Waals surface area contributed by atoms with E-state index in [1.165, 1.54) is 0 Å². The summed E-state index contributed by atoms with van der Waals surface area (Å²) in [4.78, 5) is 24.9. The largest absolute Gasteiger partial charge is 0.478 e. The molecule has 5 nitrogen and oxygen atoms in total. The van der Waals surface area contributed by atoms with Crippen LogP contribution >= 0.6 is 0 Å². The Labute approximate surface area is 112 Å². The number of nitrogens with two attached hydrogens (primary N) is 1. The average molecular weight is 262 g/mol. The van der Waals surface area contributed by atoms with E-state index in [9.17, 15) is 9.59 Å². The number of hydrogen-bond acceptors (Lipinski definition) is 3. The molecular formula is C14H18N2O3. The molecule has 1 aromatic rings. The molecule has 0 aromatic heterocycles. The van der Waals surface area contributed by atoms with Gasteiger partial charge in [-0.3, -0.25) is 4.79 Å². The molecule has 0 spiro atoms. The Morgan fingerprint density at radius 2 is 2.00 bits per heavy atom. The second kappa shape index (κ2) is 4.66. The van der Waals surface area contributed by atoms with Crippen molar-refractivity contribution in [3.8, 4) is 0 Å². The zero-order valence-corrected chi connectivity index (χ0v) is 11.1. The van der Waals surface area contributed by atoms with Gasteiger partial charge in [0.25, 0.3) is 0 Å². The van der Waals surface area contributed by atoms with Crippen molar-refractivity contribution in [3.05, 3.63) is 34.9 Å². The molecule has 5 heteroatoms. The third-order valence-corrected chi connectivity index (χ3v) is 3.69. The number of benzene rings is 1. The van der Waals surface area contributed by atoms with Gasteiger partial charge in [-0.25, -0.2) is 4.79 Å². The minimum Gasteiger partial charge on any atom is -0.478 e. The van der Waals surface area contributed by atoms with Gasteiger partial charge >= 0.3 is 5.97 Å². The Morgan fingerprint density at radius 1 is 1.37 bits per heavy atom. The van der Waals surface area contributed by atoms with Crippen LogP contribution in [0.3, 0.4) is 0 Å². The van der Waals surface area contributed by atoms with Gasteiger partial charge in [-0.15, -0.1) is 0 Å². The van der Waals surface area contributed by atoms with Crippen molar-refractivity contribution in [2.24, 2.45) is 5.73 Å². The van der Waals surface area contributed by atoms with Gasteiger partial charge in [0.15, 0.2) is 0 Å². The second-order valence-electron chi connectivity index (χ2n) is 5.22. The maximum atomic E-state index is 12.3. The smallest absolute Gasteiger partial charge is 0.335 e. The third kappa shape index (κ3) is 2.46. The number of carbonyl (C=O) groups is 2. The predicted molar refractivity (Wildman–Crippen MR) is 70.5 cm³/mol. The molecule has 102 valence electrons. The number of fused-ring (bicyclic) bond motifs is 1. The van der Waals surface area contributed by atoms with Crippen LogP contribution in [0, 0.1) is 0 Å². The van der Waals surface area contributed by atoms with Crippen LogP contribution in [0.1, 0.15) is 41.8 Å². The van der Waals surface area contributed by atoms with Crippen LogP contribution in [0.2, 0.25) is 0 Å². The fraction of sp³-hybridized carbons (Fsp3) is 0.429. The summed E-state index contributed by atoms with van der Waals surface area (Å²) >= 11 is 0. The summed E-state index contributed by atoms with van der Waals surface area (Å²) in [6.45, 7) is 4.54. The van der Waals surface area contributed by atoms with Gasteiger partial charge in [-0.05, 0) is 36.6 Å². The molecule has 0 saturated carbocycles. The number of amides is 1. The number of rotatable bonds is 3. The number of carbonyl (C=O) groups excluding carboxylic acids is 1. The van der Waals surface area contributed by atoms with E-state index in [0.29, 0.717) is 19.5 Å². The van der Waals surface area contributed by atoms with Crippen LogP contribution in [-0.4, -0.2) is 27.4 Å². The number of hydrogen-bond donors (Lipinski definition) is 2. The first-order valence-electron chi connectivity index (χ1n) is 6.28. The summed E-state index contributed by atoms with van der Waals surface area (Å²) in [6, 6.07) is 4.97. The molecule has 1 unspecified atom stereocenters. The summed E-state index contributed by atoms with van der Waals surface area (Å²) in [7, 11) is 0. The van der Waals surface area contributed by atoms with E-state index in [4.69, 9.17) is 10.8 Å². The fourth-order valence-electron chi connectivity index (χ4n) is 2.18. The SMILES string of the molecule is CCC(C)(N)C(=O)N1Cc2ccc(C(=O)O)cc2C1. The lowest BCUT2D eigenvalue weighted by atomic mass is 9.99. The fourth-order valence-corrected chi connectivity index (χ4v) is 2.18. The van der Waals surface area contributed by atoms with Gasteiger partial charge in [-0.2, -0.15) is 0 Å². The Hall–Kier alpha value is -1.88. The average Bonchev–Trinajstić information content (AvgIpc) is 2.80. The van der Waals surface area contributed by atoms with Gasteiger partial charge < -0.3 is 15.7 Å². The minimum atomic E-state index is -0.954. The first-order valence-corrected chi connectivity index (χ1v) is 6.28. The van der Waals surface area contributed by atoms with Gasteiger partial charge in [0.05, 0.1) is 11.1 Å². The topological polar surface area (TPSA) is 83.6 Å². The summed E-state index contributed by atoms with van der Waals surface area (Å²) in [5.74, 6) is -1.05. The molecule has 1 atom stereocenters. The number of nitrogens with zero attached hydrogens (tertiary/aromatic N) is 1. The lowest BCUT2D eigenvalue weighted by Gasteiger charge is -2.27. The molecule has 1 amide bonds. The summed E-state index contributed by atoms with van der Waals surface area (Å²) in [6.07, 6.45) is 0.569. The molecule has 0 bridgehead atoms. The number of carboxylic acids is 1. The highest BCUT2D eigenvalue weighted by molar-refractivity contribution is 5.89. The normalized spacial score (nSPS) is 16.9. The van der Waals surface area contributed by atoms with Crippen molar-refractivity contribution < 1.29 is 14.7 Å². The van der Waals surface area contributed by atoms with Crippen LogP contribution < -0.4 is 5.73 Å². The summed E-state index contributed by atoms with van der Waals surface area (Å²) in [5, 5.41) is 8.96. The van der Waals surface area contributed by atoms with Crippen molar-refractivity contribution >= 4 is 11.9 Å². The van der Waals surface area contributed by atoms with E-state index in [0.717, 1.165) is 11.1 Å². The quantitative estimate of drug-likeness (QED) is 0.861. The van der Waals surface area contributed by atoms with E-state index >= 15 is 0 Å². The summed E-state index contributed by atoms with van der Waals surface area (Å²) in [5.41, 5.74) is 7.23. The van der Waals surface area contributed by atoms with Gasteiger partial charge in [0.2, 0.25) is 5.91 Å². The Morgan fingerprint density at radius 3 is 2.58 bits per heavy atom. The Bertz CT molecular complexity index is 537. The number of aromatic carboxylic acids is 1. The van der Waals surface area contributed by atoms with E-state index in [1.807, 2.05) is 6.92 Å². The van der Waals surface area contributed by atoms with Gasteiger partial charge in [0.1, 0.15) is 0 Å². The molecule has 1 aromatic carbocycles. The second-order valence-corrected chi connectivity index (χ2v) is 5.22. The van der Waals surface area contributed by atoms with Crippen LogP contribution in [0.15, 0.2) is 18.2 Å². The van der Waals surface area contributed by atoms with Crippen molar-refractivity contribution in [1.82, 2.24) is 4.90 Å². The highest BCUT2D eigenvalue weighted by atomic mass is 16.4. The molecule has 2 rings (SSSR count). The molecule has 0 saturated heterocycles. The Kier molecular flexibility index (Phi) is 3.32. The van der Waals surface area contributed by atoms with Gasteiger partial charge in [0, 0.05) is 13.1 Å². The van der Waals surface area contributed by atoms with Crippen LogP contribution in [0.4, 0.5) is 0 Å². The first kappa shape index (κ1) is 13.5. The standard InChI is InChI=1S/C14H18N2O3/c1-3-14(2,15)13(19)16-7-10-5-4-9(12(17)18)6-11(10)8-16/h4-6H,3,7-8,15H2,1-2H3,(H,17,18). The lowest BCUT2D eigenvalue weighted by Crippen LogP contribution is -2.51.